The molecule has 0 unspecified atom stereocenters. The molecule has 4 nitrogen and oxygen atoms in total. The first-order valence-corrected chi connectivity index (χ1v) is 6.19. The van der Waals surface area contributed by atoms with Crippen molar-refractivity contribution in [2.45, 2.75) is 4.90 Å². The molecule has 1 N–H and O–H groups in total. The number of H-pyrrole nitrogens is 1. The summed E-state index contributed by atoms with van der Waals surface area (Å²) in [6, 6.07) is 4.13. The highest BCUT2D eigenvalue weighted by molar-refractivity contribution is 7.85. The number of benzene rings is 1. The average Bonchev–Trinajstić information content (AvgIpc) is 2.41. The number of hydrogen-bond acceptors (Lipinski definition) is 5. The van der Waals surface area contributed by atoms with E-state index in [2.05, 4.69) is 4.98 Å². The monoisotopic (exact) mass is 246 g/mol. The topological polar surface area (TPSA) is 73.0 Å². The lowest BCUT2D eigenvalue weighted by Crippen LogP contribution is -1.97. The van der Waals surface area contributed by atoms with Crippen LogP contribution < -0.4 is 0 Å². The van der Waals surface area contributed by atoms with Gasteiger partial charge in [-0.3, -0.25) is 0 Å². The summed E-state index contributed by atoms with van der Waals surface area (Å²) in [5, 5.41) is 0. The predicted molar refractivity (Wildman–Crippen MR) is 55.0 cm³/mol. The number of aromatic amines is 1. The van der Waals surface area contributed by atoms with Crippen molar-refractivity contribution in [1.82, 2.24) is 4.98 Å². The van der Waals surface area contributed by atoms with Crippen molar-refractivity contribution in [3.05, 3.63) is 22.2 Å². The van der Waals surface area contributed by atoms with Crippen LogP contribution in [0.5, 0.6) is 0 Å². The van der Waals surface area contributed by atoms with Crippen molar-refractivity contribution >= 4 is 43.9 Å². The van der Waals surface area contributed by atoms with Gasteiger partial charge in [-0.1, -0.05) is 0 Å². The molecule has 1 aromatic heterocycles. The third-order valence-electron chi connectivity index (χ3n) is 1.68. The molecule has 0 saturated carbocycles. The fourth-order valence-electron chi connectivity index (χ4n) is 1.08. The lowest BCUT2D eigenvalue weighted by molar-refractivity contribution is 0.463. The zero-order valence-electron chi connectivity index (χ0n) is 6.68. The first-order valence-electron chi connectivity index (χ1n) is 3.55. The van der Waals surface area contributed by atoms with Crippen LogP contribution in [0.4, 0.5) is 0 Å². The predicted octanol–water partition coefficient (Wildman–Crippen LogP) is 1.86. The van der Waals surface area contributed by atoms with Crippen LogP contribution in [0.1, 0.15) is 0 Å². The Morgan fingerprint density at radius 3 is 2.79 bits per heavy atom. The Hall–Kier alpha value is -0.760. The Kier molecular flexibility index (Phi) is 2.18. The second-order valence-corrected chi connectivity index (χ2v) is 5.73. The third-order valence-corrected chi connectivity index (χ3v) is 3.71. The minimum atomic E-state index is -4.38. The van der Waals surface area contributed by atoms with E-state index in [1.54, 1.807) is 0 Å². The molecule has 0 saturated heterocycles. The minimum Gasteiger partial charge on any atom is -0.744 e. The Morgan fingerprint density at radius 2 is 2.14 bits per heavy atom. The first kappa shape index (κ1) is 9.78. The summed E-state index contributed by atoms with van der Waals surface area (Å²) >= 11 is 6.12. The number of nitrogens with one attached hydrogen (secondary N) is 1. The Balaban J connectivity index is 2.80. The Bertz CT molecular complexity index is 637. The maximum atomic E-state index is 10.7. The Morgan fingerprint density at radius 1 is 1.43 bits per heavy atom. The maximum absolute atomic E-state index is 10.7. The molecule has 7 heteroatoms. The standard InChI is InChI=1S/C7H5NO3S3/c9-14(10,11)4-1-2-5-6(3-4)13-7(12)8-5/h1-3H,(H,8,12)(H,9,10,11)/p-1. The summed E-state index contributed by atoms with van der Waals surface area (Å²) in [4.78, 5) is 2.65. The molecule has 14 heavy (non-hydrogen) atoms. The van der Waals surface area contributed by atoms with Crippen LogP contribution in [0.25, 0.3) is 10.2 Å². The summed E-state index contributed by atoms with van der Waals surface area (Å²) in [5.74, 6) is 0. The van der Waals surface area contributed by atoms with Gasteiger partial charge in [-0.05, 0) is 30.4 Å². The largest absolute Gasteiger partial charge is 0.744 e. The summed E-state index contributed by atoms with van der Waals surface area (Å²) in [5.41, 5.74) is 0.743. The van der Waals surface area contributed by atoms with E-state index in [9.17, 15) is 13.0 Å². The SMILES string of the molecule is O=S(=O)([O-])c1ccc2[nH]c(=S)sc2c1. The van der Waals surface area contributed by atoms with Gasteiger partial charge in [0.05, 0.1) is 15.1 Å². The fraction of sp³-hybridized carbons (Fsp3) is 0. The molecule has 0 aliphatic heterocycles. The van der Waals surface area contributed by atoms with Gasteiger partial charge in [-0.25, -0.2) is 8.42 Å². The highest BCUT2D eigenvalue weighted by atomic mass is 32.2. The van der Waals surface area contributed by atoms with Crippen LogP contribution in [0.3, 0.4) is 0 Å². The third kappa shape index (κ3) is 1.71. The van der Waals surface area contributed by atoms with Crippen LogP contribution in [0, 0.1) is 3.95 Å². The lowest BCUT2D eigenvalue weighted by atomic mass is 10.3. The highest BCUT2D eigenvalue weighted by Gasteiger charge is 2.03. The van der Waals surface area contributed by atoms with Gasteiger partial charge < -0.3 is 9.54 Å². The van der Waals surface area contributed by atoms with E-state index in [1.165, 1.54) is 29.5 Å². The van der Waals surface area contributed by atoms with Gasteiger partial charge in [-0.2, -0.15) is 0 Å². The number of hydrogen-bond donors (Lipinski definition) is 1. The molecule has 0 spiro atoms. The van der Waals surface area contributed by atoms with E-state index >= 15 is 0 Å². The lowest BCUT2D eigenvalue weighted by Gasteiger charge is -2.05. The molecule has 0 amide bonds. The molecular formula is C7H4NO3S3-. The smallest absolute Gasteiger partial charge is 0.159 e. The summed E-state index contributed by atoms with van der Waals surface area (Å²) in [7, 11) is -4.38. The van der Waals surface area contributed by atoms with Gasteiger partial charge in [-0.15, -0.1) is 11.3 Å². The van der Waals surface area contributed by atoms with Crippen molar-refractivity contribution in [1.29, 1.82) is 0 Å². The summed E-state index contributed by atoms with van der Waals surface area (Å²) in [6.45, 7) is 0. The zero-order chi connectivity index (χ0) is 10.3. The van der Waals surface area contributed by atoms with E-state index in [-0.39, 0.29) is 4.90 Å². The average molecular weight is 246 g/mol. The number of rotatable bonds is 1. The minimum absolute atomic E-state index is 0.227. The molecule has 0 fully saturated rings. The zero-order valence-corrected chi connectivity index (χ0v) is 9.13. The van der Waals surface area contributed by atoms with Crippen molar-refractivity contribution in [3.63, 3.8) is 0 Å². The van der Waals surface area contributed by atoms with E-state index in [0.29, 0.717) is 8.65 Å². The van der Waals surface area contributed by atoms with Gasteiger partial charge in [0.15, 0.2) is 3.95 Å². The van der Waals surface area contributed by atoms with Crippen LogP contribution in [-0.2, 0) is 10.1 Å². The molecule has 0 aliphatic rings. The molecule has 0 bridgehead atoms. The van der Waals surface area contributed by atoms with Gasteiger partial charge in [0.1, 0.15) is 10.1 Å². The van der Waals surface area contributed by atoms with Crippen molar-refractivity contribution in [3.8, 4) is 0 Å². The van der Waals surface area contributed by atoms with E-state index in [4.69, 9.17) is 12.2 Å². The highest BCUT2D eigenvalue weighted by Crippen LogP contribution is 2.22. The summed E-state index contributed by atoms with van der Waals surface area (Å²) in [6.07, 6.45) is 0. The second-order valence-electron chi connectivity index (χ2n) is 2.63. The van der Waals surface area contributed by atoms with Crippen LogP contribution in [0.15, 0.2) is 23.1 Å². The summed E-state index contributed by atoms with van der Waals surface area (Å²) < 4.78 is 33.3. The van der Waals surface area contributed by atoms with Crippen LogP contribution in [0.2, 0.25) is 0 Å². The number of fused-ring (bicyclic) bond motifs is 1. The quantitative estimate of drug-likeness (QED) is 0.615. The van der Waals surface area contributed by atoms with Gasteiger partial charge >= 0.3 is 0 Å². The molecule has 74 valence electrons. The molecule has 2 aromatic rings. The van der Waals surface area contributed by atoms with Gasteiger partial charge in [0, 0.05) is 0 Å². The van der Waals surface area contributed by atoms with Gasteiger partial charge in [0.2, 0.25) is 0 Å². The van der Waals surface area contributed by atoms with E-state index in [1.807, 2.05) is 0 Å². The molecule has 2 rings (SSSR count). The second kappa shape index (κ2) is 3.13. The van der Waals surface area contributed by atoms with E-state index in [0.717, 1.165) is 5.52 Å². The molecule has 0 aliphatic carbocycles. The van der Waals surface area contributed by atoms with Crippen molar-refractivity contribution < 1.29 is 13.0 Å². The van der Waals surface area contributed by atoms with E-state index < -0.39 is 10.1 Å². The molecule has 1 aromatic carbocycles. The fourth-order valence-corrected chi connectivity index (χ4v) is 2.81. The first-order chi connectivity index (χ1) is 6.47. The van der Waals surface area contributed by atoms with Crippen LogP contribution >= 0.6 is 23.6 Å². The number of aromatic nitrogens is 1. The van der Waals surface area contributed by atoms with Crippen molar-refractivity contribution in [2.24, 2.45) is 0 Å². The molecule has 0 atom stereocenters. The molecular weight excluding hydrogens is 242 g/mol. The Labute approximate surface area is 89.0 Å². The normalized spacial score (nSPS) is 12.1. The maximum Gasteiger partial charge on any atom is 0.159 e. The van der Waals surface area contributed by atoms with Crippen molar-refractivity contribution in [2.75, 3.05) is 0 Å². The van der Waals surface area contributed by atoms with Crippen LogP contribution in [-0.4, -0.2) is 18.0 Å². The van der Waals surface area contributed by atoms with Gasteiger partial charge in [0.25, 0.3) is 0 Å². The molecule has 1 heterocycles. The molecule has 0 radical (unpaired) electrons. The number of thiazole rings is 1.